The molecule has 0 saturated carbocycles. The van der Waals surface area contributed by atoms with Crippen LogP contribution in [0.3, 0.4) is 0 Å². The van der Waals surface area contributed by atoms with Crippen molar-refractivity contribution in [3.8, 4) is 22.9 Å². The molecule has 0 saturated heterocycles. The highest BCUT2D eigenvalue weighted by molar-refractivity contribution is 7.99. The monoisotopic (exact) mass is 456 g/mol. The summed E-state index contributed by atoms with van der Waals surface area (Å²) in [4.78, 5) is 2.17. The Morgan fingerprint density at radius 1 is 1.12 bits per heavy atom. The van der Waals surface area contributed by atoms with Crippen molar-refractivity contribution in [1.29, 1.82) is 0 Å². The Morgan fingerprint density at radius 3 is 2.66 bits per heavy atom. The third-order valence-electron chi connectivity index (χ3n) is 4.75. The number of hydrogen-bond acceptors (Lipinski definition) is 7. The molecule has 1 N–H and O–H groups in total. The highest BCUT2D eigenvalue weighted by Gasteiger charge is 2.17. The normalized spacial score (nSPS) is 11.3. The fraction of sp³-hybridized carbons (Fsp3) is 0.417. The second-order valence-corrected chi connectivity index (χ2v) is 9.04. The lowest BCUT2D eigenvalue weighted by Gasteiger charge is -2.18. The minimum atomic E-state index is 0.155. The summed E-state index contributed by atoms with van der Waals surface area (Å²) in [5.74, 6) is 3.83. The van der Waals surface area contributed by atoms with Crippen LogP contribution in [0.15, 0.2) is 47.6 Å². The van der Waals surface area contributed by atoms with Crippen molar-refractivity contribution in [3.63, 3.8) is 0 Å². The molecular weight excluding hydrogens is 424 g/mol. The highest BCUT2D eigenvalue weighted by atomic mass is 32.2. The van der Waals surface area contributed by atoms with E-state index in [0.29, 0.717) is 31.4 Å². The van der Waals surface area contributed by atoms with Gasteiger partial charge >= 0.3 is 0 Å². The van der Waals surface area contributed by atoms with Crippen LogP contribution in [0.25, 0.3) is 5.69 Å². The van der Waals surface area contributed by atoms with Crippen LogP contribution in [0.5, 0.6) is 17.2 Å². The topological polar surface area (TPSA) is 72.6 Å². The molecule has 0 aliphatic carbocycles. The Kier molecular flexibility index (Phi) is 8.41. The molecule has 0 bridgehead atoms. The van der Waals surface area contributed by atoms with Crippen molar-refractivity contribution in [3.05, 3.63) is 53.9 Å². The molecule has 172 valence electrons. The van der Waals surface area contributed by atoms with Gasteiger partial charge in [0.2, 0.25) is 0 Å². The number of methoxy groups -OCH3 is 1. The molecule has 0 unspecified atom stereocenters. The number of phenolic OH excluding ortho intramolecular Hbond substituents is 1. The summed E-state index contributed by atoms with van der Waals surface area (Å²) in [5.41, 5.74) is 2.03. The third kappa shape index (κ3) is 6.17. The highest BCUT2D eigenvalue weighted by Crippen LogP contribution is 2.29. The fourth-order valence-electron chi connectivity index (χ4n) is 3.28. The van der Waals surface area contributed by atoms with Crippen LogP contribution in [0.1, 0.15) is 32.2 Å². The number of benzene rings is 2. The molecule has 0 radical (unpaired) electrons. The molecule has 8 heteroatoms. The van der Waals surface area contributed by atoms with Crippen molar-refractivity contribution in [2.75, 3.05) is 26.5 Å². The van der Waals surface area contributed by atoms with Crippen LogP contribution in [0, 0.1) is 5.92 Å². The lowest BCUT2D eigenvalue weighted by Crippen LogP contribution is -2.20. The number of aromatic nitrogens is 3. The van der Waals surface area contributed by atoms with Crippen LogP contribution in [0.4, 0.5) is 0 Å². The van der Waals surface area contributed by atoms with Gasteiger partial charge in [-0.05, 0) is 49.7 Å². The second-order valence-electron chi connectivity index (χ2n) is 8.05. The maximum absolute atomic E-state index is 9.96. The van der Waals surface area contributed by atoms with E-state index in [1.165, 1.54) is 0 Å². The molecular formula is C24H32N4O3S. The van der Waals surface area contributed by atoms with Gasteiger partial charge < -0.3 is 14.6 Å². The van der Waals surface area contributed by atoms with Gasteiger partial charge in [-0.2, -0.15) is 0 Å². The summed E-state index contributed by atoms with van der Waals surface area (Å²) in [6.07, 6.45) is 0. The molecule has 7 nitrogen and oxygen atoms in total. The average molecular weight is 457 g/mol. The molecule has 2 aromatic carbocycles. The zero-order chi connectivity index (χ0) is 23.1. The Morgan fingerprint density at radius 2 is 1.94 bits per heavy atom. The summed E-state index contributed by atoms with van der Waals surface area (Å²) < 4.78 is 13.0. The van der Waals surface area contributed by atoms with E-state index >= 15 is 0 Å². The molecule has 0 spiro atoms. The minimum absolute atomic E-state index is 0.155. The van der Waals surface area contributed by atoms with Crippen LogP contribution < -0.4 is 9.47 Å². The maximum Gasteiger partial charge on any atom is 0.195 e. The number of aromatic hydroxyl groups is 1. The van der Waals surface area contributed by atoms with E-state index in [9.17, 15) is 5.11 Å². The van der Waals surface area contributed by atoms with Crippen molar-refractivity contribution < 1.29 is 14.6 Å². The van der Waals surface area contributed by atoms with Gasteiger partial charge in [0, 0.05) is 18.4 Å². The molecule has 0 aliphatic heterocycles. The standard InChI is InChI=1S/C24H32N4O3S/c1-6-31-22-12-18(10-11-21(22)29)14-27(4)15-23-25-26-24(32-16-17(2)3)28(23)19-8-7-9-20(13-19)30-5/h7-13,17,29H,6,14-16H2,1-5H3. The molecule has 3 aromatic rings. The van der Waals surface area contributed by atoms with Gasteiger partial charge in [0.05, 0.1) is 25.9 Å². The lowest BCUT2D eigenvalue weighted by atomic mass is 10.2. The maximum atomic E-state index is 9.96. The van der Waals surface area contributed by atoms with Crippen molar-refractivity contribution in [1.82, 2.24) is 19.7 Å². The van der Waals surface area contributed by atoms with Crippen molar-refractivity contribution >= 4 is 11.8 Å². The fourth-order valence-corrected chi connectivity index (χ4v) is 4.20. The third-order valence-corrected chi connectivity index (χ3v) is 6.10. The van der Waals surface area contributed by atoms with Gasteiger partial charge in [-0.1, -0.05) is 37.7 Å². The van der Waals surface area contributed by atoms with E-state index in [-0.39, 0.29) is 5.75 Å². The first-order chi connectivity index (χ1) is 15.4. The van der Waals surface area contributed by atoms with Crippen molar-refractivity contribution in [2.24, 2.45) is 5.92 Å². The molecule has 0 atom stereocenters. The van der Waals surface area contributed by atoms with Gasteiger partial charge in [0.15, 0.2) is 22.5 Å². The van der Waals surface area contributed by atoms with Crippen molar-refractivity contribution in [2.45, 2.75) is 39.0 Å². The van der Waals surface area contributed by atoms with E-state index in [1.54, 1.807) is 24.9 Å². The van der Waals surface area contributed by atoms with Gasteiger partial charge in [-0.15, -0.1) is 10.2 Å². The van der Waals surface area contributed by atoms with E-state index in [0.717, 1.165) is 33.7 Å². The molecule has 1 aromatic heterocycles. The summed E-state index contributed by atoms with van der Waals surface area (Å²) in [7, 11) is 3.71. The number of phenols is 1. The van der Waals surface area contributed by atoms with Crippen LogP contribution in [-0.4, -0.2) is 51.3 Å². The summed E-state index contributed by atoms with van der Waals surface area (Å²) in [6.45, 7) is 8.09. The number of rotatable bonds is 11. The average Bonchev–Trinajstić information content (AvgIpc) is 3.17. The zero-order valence-electron chi connectivity index (χ0n) is 19.4. The Bertz CT molecular complexity index is 1020. The van der Waals surface area contributed by atoms with Gasteiger partial charge in [-0.3, -0.25) is 9.47 Å². The quantitative estimate of drug-likeness (QED) is 0.417. The first kappa shape index (κ1) is 23.9. The molecule has 0 fully saturated rings. The van der Waals surface area contributed by atoms with E-state index in [4.69, 9.17) is 9.47 Å². The van der Waals surface area contributed by atoms with E-state index in [2.05, 4.69) is 33.5 Å². The summed E-state index contributed by atoms with van der Waals surface area (Å²) in [5, 5.41) is 19.8. The second kappa shape index (κ2) is 11.2. The molecule has 0 amide bonds. The SMILES string of the molecule is CCOc1cc(CN(C)Cc2nnc(SCC(C)C)n2-c2cccc(OC)c2)ccc1O. The number of hydrogen-bond donors (Lipinski definition) is 1. The van der Waals surface area contributed by atoms with Gasteiger partial charge in [0.25, 0.3) is 0 Å². The first-order valence-corrected chi connectivity index (χ1v) is 11.7. The number of nitrogens with zero attached hydrogens (tertiary/aromatic N) is 4. The van der Waals surface area contributed by atoms with Gasteiger partial charge in [-0.25, -0.2) is 0 Å². The lowest BCUT2D eigenvalue weighted by molar-refractivity contribution is 0.302. The van der Waals surface area contributed by atoms with E-state index < -0.39 is 0 Å². The minimum Gasteiger partial charge on any atom is -0.504 e. The van der Waals surface area contributed by atoms with Crippen LogP contribution in [-0.2, 0) is 13.1 Å². The summed E-state index contributed by atoms with van der Waals surface area (Å²) in [6, 6.07) is 13.4. The largest absolute Gasteiger partial charge is 0.504 e. The first-order valence-electron chi connectivity index (χ1n) is 10.8. The Balaban J connectivity index is 1.84. The van der Waals surface area contributed by atoms with E-state index in [1.807, 2.05) is 50.4 Å². The Labute approximate surface area is 194 Å². The summed E-state index contributed by atoms with van der Waals surface area (Å²) >= 11 is 1.71. The van der Waals surface area contributed by atoms with Crippen LogP contribution >= 0.6 is 11.8 Å². The van der Waals surface area contributed by atoms with Crippen LogP contribution in [0.2, 0.25) is 0 Å². The molecule has 1 heterocycles. The van der Waals surface area contributed by atoms with Gasteiger partial charge in [0.1, 0.15) is 5.75 Å². The molecule has 0 aliphatic rings. The smallest absolute Gasteiger partial charge is 0.195 e. The predicted molar refractivity (Wildman–Crippen MR) is 128 cm³/mol. The Hall–Kier alpha value is -2.71. The molecule has 3 rings (SSSR count). The zero-order valence-corrected chi connectivity index (χ0v) is 20.2. The number of ether oxygens (including phenoxy) is 2. The molecule has 32 heavy (non-hydrogen) atoms. The number of thioether (sulfide) groups is 1. The predicted octanol–water partition coefficient (Wildman–Crippen LogP) is 4.76.